The Kier molecular flexibility index (Phi) is 3.90. The van der Waals surface area contributed by atoms with Gasteiger partial charge in [-0.25, -0.2) is 8.42 Å². The van der Waals surface area contributed by atoms with Crippen LogP contribution in [-0.2, 0) is 19.4 Å². The van der Waals surface area contributed by atoms with Gasteiger partial charge in [-0.1, -0.05) is 0 Å². The van der Waals surface area contributed by atoms with Crippen LogP contribution in [-0.4, -0.2) is 43.8 Å². The fourth-order valence-corrected chi connectivity index (χ4v) is 3.16. The number of rotatable bonds is 2. The molecule has 1 fully saturated rings. The highest BCUT2D eigenvalue weighted by atomic mass is 32.2. The van der Waals surface area contributed by atoms with Gasteiger partial charge in [0.25, 0.3) is 0 Å². The van der Waals surface area contributed by atoms with Crippen molar-refractivity contribution >= 4 is 21.7 Å². The molecule has 0 aromatic rings. The maximum Gasteiger partial charge on any atom is 0.309 e. The number of amides is 2. The molecule has 0 aromatic heterocycles. The van der Waals surface area contributed by atoms with Crippen molar-refractivity contribution in [2.75, 3.05) is 11.5 Å². The van der Waals surface area contributed by atoms with Crippen molar-refractivity contribution in [2.24, 2.45) is 0 Å². The highest BCUT2D eigenvalue weighted by Crippen LogP contribution is 2.10. The molecule has 1 aliphatic heterocycles. The molecule has 0 aliphatic carbocycles. The van der Waals surface area contributed by atoms with Gasteiger partial charge in [0.1, 0.15) is 0 Å². The van der Waals surface area contributed by atoms with Crippen molar-refractivity contribution in [3.8, 4) is 0 Å². The molecule has 16 heavy (non-hydrogen) atoms. The molecule has 0 bridgehead atoms. The summed E-state index contributed by atoms with van der Waals surface area (Å²) < 4.78 is 22.2. The monoisotopic (exact) mass is 248 g/mol. The van der Waals surface area contributed by atoms with Crippen LogP contribution in [0.2, 0.25) is 0 Å². The Labute approximate surface area is 94.7 Å². The minimum absolute atomic E-state index is 0.0732. The van der Waals surface area contributed by atoms with E-state index < -0.39 is 27.7 Å². The van der Waals surface area contributed by atoms with Gasteiger partial charge in [-0.05, 0) is 20.3 Å². The third kappa shape index (κ3) is 3.80. The minimum Gasteiger partial charge on any atom is -0.346 e. The average molecular weight is 248 g/mol. The molecule has 1 rings (SSSR count). The molecular weight excluding hydrogens is 232 g/mol. The maximum atomic E-state index is 11.3. The lowest BCUT2D eigenvalue weighted by molar-refractivity contribution is -0.139. The Hall–Kier alpha value is -1.11. The van der Waals surface area contributed by atoms with Gasteiger partial charge in [0.15, 0.2) is 9.84 Å². The molecule has 2 amide bonds. The number of nitrogens with one attached hydrogen (secondary N) is 2. The Morgan fingerprint density at radius 1 is 1.25 bits per heavy atom. The van der Waals surface area contributed by atoms with Gasteiger partial charge in [0.2, 0.25) is 0 Å². The number of sulfone groups is 1. The van der Waals surface area contributed by atoms with Crippen molar-refractivity contribution in [3.63, 3.8) is 0 Å². The van der Waals surface area contributed by atoms with Crippen molar-refractivity contribution < 1.29 is 18.0 Å². The highest BCUT2D eigenvalue weighted by molar-refractivity contribution is 7.91. The molecule has 0 radical (unpaired) electrons. The molecule has 1 heterocycles. The van der Waals surface area contributed by atoms with Crippen LogP contribution in [0.15, 0.2) is 0 Å². The van der Waals surface area contributed by atoms with Crippen LogP contribution < -0.4 is 10.6 Å². The number of hydrogen-bond acceptors (Lipinski definition) is 4. The van der Waals surface area contributed by atoms with E-state index in [0.717, 1.165) is 0 Å². The number of carbonyl (C=O) groups is 2. The van der Waals surface area contributed by atoms with Crippen LogP contribution >= 0.6 is 0 Å². The summed E-state index contributed by atoms with van der Waals surface area (Å²) in [6.07, 6.45) is 0.378. The predicted molar refractivity (Wildman–Crippen MR) is 58.5 cm³/mol. The predicted octanol–water partition coefficient (Wildman–Crippen LogP) is -1.19. The minimum atomic E-state index is -3.04. The van der Waals surface area contributed by atoms with E-state index in [2.05, 4.69) is 10.6 Å². The fraction of sp³-hybridized carbons (Fsp3) is 0.778. The molecule has 1 unspecified atom stereocenters. The normalized spacial score (nSPS) is 23.1. The summed E-state index contributed by atoms with van der Waals surface area (Å²) in [6, 6.07) is -0.555. The lowest BCUT2D eigenvalue weighted by atomic mass is 10.2. The van der Waals surface area contributed by atoms with Gasteiger partial charge >= 0.3 is 11.8 Å². The first-order valence-corrected chi connectivity index (χ1v) is 6.94. The van der Waals surface area contributed by atoms with E-state index in [1.165, 1.54) is 0 Å². The van der Waals surface area contributed by atoms with E-state index in [-0.39, 0.29) is 17.5 Å². The number of carbonyl (C=O) groups excluding carboxylic acids is 2. The second kappa shape index (κ2) is 4.82. The zero-order chi connectivity index (χ0) is 12.3. The van der Waals surface area contributed by atoms with E-state index in [1.807, 2.05) is 0 Å². The van der Waals surface area contributed by atoms with Crippen molar-refractivity contribution in [1.29, 1.82) is 0 Å². The van der Waals surface area contributed by atoms with Crippen LogP contribution in [0.5, 0.6) is 0 Å². The second-order valence-electron chi connectivity index (χ2n) is 4.20. The summed E-state index contributed by atoms with van der Waals surface area (Å²) in [7, 11) is -3.04. The summed E-state index contributed by atoms with van der Waals surface area (Å²) in [5.74, 6) is -1.49. The maximum absolute atomic E-state index is 11.3. The van der Waals surface area contributed by atoms with Gasteiger partial charge in [0.05, 0.1) is 11.5 Å². The molecule has 0 saturated carbocycles. The molecule has 1 saturated heterocycles. The van der Waals surface area contributed by atoms with Gasteiger partial charge in [-0.2, -0.15) is 0 Å². The SMILES string of the molecule is CC(C)NC(=O)C(=O)NC1CCS(=O)(=O)C1. The van der Waals surface area contributed by atoms with E-state index in [9.17, 15) is 18.0 Å². The van der Waals surface area contributed by atoms with Crippen molar-refractivity contribution in [1.82, 2.24) is 10.6 Å². The van der Waals surface area contributed by atoms with Gasteiger partial charge in [-0.3, -0.25) is 9.59 Å². The zero-order valence-electron chi connectivity index (χ0n) is 9.32. The van der Waals surface area contributed by atoms with E-state index in [4.69, 9.17) is 0 Å². The Bertz CT molecular complexity index is 388. The summed E-state index contributed by atoms with van der Waals surface area (Å²) in [4.78, 5) is 22.6. The summed E-state index contributed by atoms with van der Waals surface area (Å²) in [5, 5.41) is 4.85. The standard InChI is InChI=1S/C9H16N2O4S/c1-6(2)10-8(12)9(13)11-7-3-4-16(14,15)5-7/h6-7H,3-5H2,1-2H3,(H,10,12)(H,11,13). The fourth-order valence-electron chi connectivity index (χ4n) is 1.49. The Morgan fingerprint density at radius 3 is 2.31 bits per heavy atom. The van der Waals surface area contributed by atoms with Gasteiger partial charge in [-0.15, -0.1) is 0 Å². The molecule has 92 valence electrons. The van der Waals surface area contributed by atoms with Crippen molar-refractivity contribution in [2.45, 2.75) is 32.4 Å². The largest absolute Gasteiger partial charge is 0.346 e. The number of hydrogen-bond donors (Lipinski definition) is 2. The molecule has 0 aromatic carbocycles. The third-order valence-corrected chi connectivity index (χ3v) is 3.96. The zero-order valence-corrected chi connectivity index (χ0v) is 10.1. The quantitative estimate of drug-likeness (QED) is 0.601. The van der Waals surface area contributed by atoms with E-state index in [1.54, 1.807) is 13.8 Å². The first kappa shape index (κ1) is 13.0. The molecule has 1 atom stereocenters. The van der Waals surface area contributed by atoms with Gasteiger partial charge in [0, 0.05) is 12.1 Å². The van der Waals surface area contributed by atoms with Gasteiger partial charge < -0.3 is 10.6 Å². The summed E-state index contributed by atoms with van der Waals surface area (Å²) in [5.41, 5.74) is 0. The lowest BCUT2D eigenvalue weighted by Gasteiger charge is -2.12. The lowest BCUT2D eigenvalue weighted by Crippen LogP contribution is -2.46. The first-order chi connectivity index (χ1) is 7.30. The molecule has 1 aliphatic rings. The van der Waals surface area contributed by atoms with E-state index in [0.29, 0.717) is 6.42 Å². The molecule has 7 heteroatoms. The highest BCUT2D eigenvalue weighted by Gasteiger charge is 2.30. The molecule has 0 spiro atoms. The van der Waals surface area contributed by atoms with Crippen LogP contribution in [0.3, 0.4) is 0 Å². The smallest absolute Gasteiger partial charge is 0.309 e. The molecule has 2 N–H and O–H groups in total. The average Bonchev–Trinajstić information content (AvgIpc) is 2.44. The molecule has 6 nitrogen and oxygen atoms in total. The Balaban J connectivity index is 2.44. The topological polar surface area (TPSA) is 92.3 Å². The van der Waals surface area contributed by atoms with Crippen molar-refractivity contribution in [3.05, 3.63) is 0 Å². The van der Waals surface area contributed by atoms with Crippen LogP contribution in [0.4, 0.5) is 0 Å². The van der Waals surface area contributed by atoms with E-state index >= 15 is 0 Å². The second-order valence-corrected chi connectivity index (χ2v) is 6.43. The summed E-state index contributed by atoms with van der Waals surface area (Å²) in [6.45, 7) is 3.48. The first-order valence-electron chi connectivity index (χ1n) is 5.12. The molecular formula is C9H16N2O4S. The third-order valence-electron chi connectivity index (χ3n) is 2.19. The van der Waals surface area contributed by atoms with Crippen LogP contribution in [0, 0.1) is 0 Å². The Morgan fingerprint density at radius 2 is 1.88 bits per heavy atom. The summed E-state index contributed by atoms with van der Waals surface area (Å²) >= 11 is 0. The van der Waals surface area contributed by atoms with Crippen LogP contribution in [0.25, 0.3) is 0 Å². The van der Waals surface area contributed by atoms with Crippen LogP contribution in [0.1, 0.15) is 20.3 Å².